The Hall–Kier alpha value is -1.18. The van der Waals surface area contributed by atoms with Crippen LogP contribution in [0, 0.1) is 5.41 Å². The number of hydrogen-bond donors (Lipinski definition) is 0. The number of ether oxygens (including phenoxy) is 2. The van der Waals surface area contributed by atoms with Gasteiger partial charge in [-0.2, -0.15) is 0 Å². The van der Waals surface area contributed by atoms with E-state index >= 15 is 0 Å². The van der Waals surface area contributed by atoms with Crippen molar-refractivity contribution in [3.63, 3.8) is 0 Å². The predicted molar refractivity (Wildman–Crippen MR) is 89.3 cm³/mol. The summed E-state index contributed by atoms with van der Waals surface area (Å²) in [4.78, 5) is 4.07. The molecule has 1 aromatic rings. The molecule has 0 bridgehead atoms. The first-order valence-electron chi connectivity index (χ1n) is 8.74. The van der Waals surface area contributed by atoms with E-state index in [1.54, 1.807) is 16.7 Å². The Morgan fingerprint density at radius 2 is 2.25 bits per heavy atom. The summed E-state index contributed by atoms with van der Waals surface area (Å²) in [5, 5.41) is -0.158. The van der Waals surface area contributed by atoms with Crippen LogP contribution in [0.25, 0.3) is 0 Å². The zero-order valence-corrected chi connectivity index (χ0v) is 14.6. The number of hydrogen-bond acceptors (Lipinski definition) is 5. The maximum absolute atomic E-state index is 12.7. The van der Waals surface area contributed by atoms with Crippen molar-refractivity contribution in [3.8, 4) is 5.75 Å². The van der Waals surface area contributed by atoms with Gasteiger partial charge in [0.15, 0.2) is 0 Å². The first-order valence-corrected chi connectivity index (χ1v) is 10.2. The van der Waals surface area contributed by atoms with Crippen LogP contribution in [0.4, 0.5) is 0 Å². The van der Waals surface area contributed by atoms with Gasteiger partial charge in [-0.05, 0) is 44.2 Å². The van der Waals surface area contributed by atoms with Gasteiger partial charge in [-0.25, -0.2) is 12.7 Å². The molecule has 1 aromatic heterocycles. The van der Waals surface area contributed by atoms with Crippen LogP contribution >= 0.6 is 0 Å². The molecule has 6 nitrogen and oxygen atoms in total. The van der Waals surface area contributed by atoms with Gasteiger partial charge in [-0.3, -0.25) is 4.98 Å². The number of rotatable bonds is 5. The normalized spacial score (nSPS) is 31.4. The van der Waals surface area contributed by atoms with Crippen molar-refractivity contribution >= 4 is 10.0 Å². The lowest BCUT2D eigenvalue weighted by atomic mass is 9.73. The monoisotopic (exact) mass is 352 g/mol. The van der Waals surface area contributed by atoms with E-state index < -0.39 is 10.0 Å². The van der Waals surface area contributed by atoms with Crippen LogP contribution in [0.3, 0.4) is 0 Å². The van der Waals surface area contributed by atoms with Crippen molar-refractivity contribution in [2.75, 3.05) is 26.3 Å². The van der Waals surface area contributed by atoms with Crippen molar-refractivity contribution in [1.29, 1.82) is 0 Å². The van der Waals surface area contributed by atoms with Crippen LogP contribution in [0.15, 0.2) is 24.5 Å². The first-order chi connectivity index (χ1) is 11.6. The third-order valence-corrected chi connectivity index (χ3v) is 7.76. The third-order valence-electron chi connectivity index (χ3n) is 5.42. The average Bonchev–Trinajstić information content (AvgIpc) is 3.46. The first kappa shape index (κ1) is 16.3. The average molecular weight is 352 g/mol. The van der Waals surface area contributed by atoms with E-state index in [9.17, 15) is 8.42 Å². The van der Waals surface area contributed by atoms with Crippen LogP contribution in [-0.2, 0) is 14.8 Å². The summed E-state index contributed by atoms with van der Waals surface area (Å²) >= 11 is 0. The van der Waals surface area contributed by atoms with Gasteiger partial charge in [0.2, 0.25) is 10.0 Å². The van der Waals surface area contributed by atoms with Crippen molar-refractivity contribution in [1.82, 2.24) is 9.29 Å². The lowest BCUT2D eigenvalue weighted by Crippen LogP contribution is -2.58. The van der Waals surface area contributed by atoms with Crippen LogP contribution < -0.4 is 4.74 Å². The van der Waals surface area contributed by atoms with Crippen molar-refractivity contribution < 1.29 is 17.9 Å². The van der Waals surface area contributed by atoms with Gasteiger partial charge < -0.3 is 9.47 Å². The summed E-state index contributed by atoms with van der Waals surface area (Å²) in [6.45, 7) is 2.31. The van der Waals surface area contributed by atoms with Gasteiger partial charge in [0, 0.05) is 31.3 Å². The van der Waals surface area contributed by atoms with Crippen molar-refractivity contribution in [2.45, 2.75) is 43.5 Å². The smallest absolute Gasteiger partial charge is 0.217 e. The molecule has 0 aromatic carbocycles. The molecule has 2 aliphatic heterocycles. The minimum absolute atomic E-state index is 0.0774. The fourth-order valence-electron chi connectivity index (χ4n) is 3.91. The summed E-state index contributed by atoms with van der Waals surface area (Å²) in [5.74, 6) is 0.721. The Bertz CT molecular complexity index is 677. The lowest BCUT2D eigenvalue weighted by molar-refractivity contribution is -0.128. The second-order valence-electron chi connectivity index (χ2n) is 7.17. The SMILES string of the molecule is O=S(=O)(C1CC1)N1CC[C@@H]2OCCC[C@]2(COc2cccnc2)C1. The van der Waals surface area contributed by atoms with Gasteiger partial charge >= 0.3 is 0 Å². The third kappa shape index (κ3) is 3.05. The quantitative estimate of drug-likeness (QED) is 0.809. The van der Waals surface area contributed by atoms with E-state index in [2.05, 4.69) is 4.98 Å². The molecule has 1 saturated carbocycles. The fraction of sp³-hybridized carbons (Fsp3) is 0.706. The molecule has 0 N–H and O–H groups in total. The van der Waals surface area contributed by atoms with Crippen molar-refractivity contribution in [2.24, 2.45) is 5.41 Å². The lowest BCUT2D eigenvalue weighted by Gasteiger charge is -2.49. The highest BCUT2D eigenvalue weighted by Gasteiger charge is 2.51. The van der Waals surface area contributed by atoms with E-state index in [1.807, 2.05) is 12.1 Å². The van der Waals surface area contributed by atoms with Crippen LogP contribution in [0.1, 0.15) is 32.1 Å². The summed E-state index contributed by atoms with van der Waals surface area (Å²) < 4.78 is 39.0. The maximum Gasteiger partial charge on any atom is 0.217 e. The zero-order valence-electron chi connectivity index (χ0n) is 13.8. The predicted octanol–water partition coefficient (Wildman–Crippen LogP) is 1.82. The molecular weight excluding hydrogens is 328 g/mol. The molecule has 0 spiro atoms. The number of fused-ring (bicyclic) bond motifs is 1. The van der Waals surface area contributed by atoms with Crippen LogP contribution in [-0.4, -0.2) is 55.4 Å². The summed E-state index contributed by atoms with van der Waals surface area (Å²) in [6, 6.07) is 3.72. The summed E-state index contributed by atoms with van der Waals surface area (Å²) in [7, 11) is -3.15. The van der Waals surface area contributed by atoms with E-state index in [1.165, 1.54) is 0 Å². The van der Waals surface area contributed by atoms with E-state index in [0.29, 0.717) is 19.7 Å². The Kier molecular flexibility index (Phi) is 4.26. The minimum atomic E-state index is -3.15. The molecule has 2 saturated heterocycles. The molecule has 0 unspecified atom stereocenters. The molecule has 0 amide bonds. The number of piperidine rings is 1. The highest BCUT2D eigenvalue weighted by atomic mass is 32.2. The highest BCUT2D eigenvalue weighted by molar-refractivity contribution is 7.90. The Labute approximate surface area is 143 Å². The fourth-order valence-corrected chi connectivity index (χ4v) is 5.86. The standard InChI is InChI=1S/C17H24N2O4S/c20-24(21,15-4-5-15)19-9-6-16-17(12-19,7-2-10-22-16)13-23-14-3-1-8-18-11-14/h1,3,8,11,15-16H,2,4-7,9-10,12-13H2/t16-,17+/m0/s1. The number of sulfonamides is 1. The van der Waals surface area contributed by atoms with Crippen molar-refractivity contribution in [3.05, 3.63) is 24.5 Å². The largest absolute Gasteiger partial charge is 0.491 e. The molecule has 0 radical (unpaired) electrons. The van der Waals surface area contributed by atoms with E-state index in [0.717, 1.165) is 44.5 Å². The van der Waals surface area contributed by atoms with Gasteiger partial charge in [0.05, 0.1) is 24.2 Å². The Balaban J connectivity index is 1.53. The number of pyridine rings is 1. The second-order valence-corrected chi connectivity index (χ2v) is 9.38. The van der Waals surface area contributed by atoms with Crippen LogP contribution in [0.5, 0.6) is 5.75 Å². The molecule has 3 heterocycles. The van der Waals surface area contributed by atoms with E-state index in [-0.39, 0.29) is 16.8 Å². The molecular formula is C17H24N2O4S. The van der Waals surface area contributed by atoms with Gasteiger partial charge in [0.1, 0.15) is 5.75 Å². The number of aromatic nitrogens is 1. The molecule has 24 heavy (non-hydrogen) atoms. The van der Waals surface area contributed by atoms with Gasteiger partial charge in [-0.1, -0.05) is 0 Å². The van der Waals surface area contributed by atoms with Gasteiger partial charge in [0.25, 0.3) is 0 Å². The molecule has 3 aliphatic rings. The second kappa shape index (κ2) is 6.28. The molecule has 132 valence electrons. The molecule has 4 rings (SSSR count). The Morgan fingerprint density at radius 1 is 1.38 bits per heavy atom. The molecule has 2 atom stereocenters. The van der Waals surface area contributed by atoms with E-state index in [4.69, 9.17) is 9.47 Å². The topological polar surface area (TPSA) is 68.7 Å². The zero-order chi connectivity index (χ0) is 16.6. The molecule has 7 heteroatoms. The highest BCUT2D eigenvalue weighted by Crippen LogP contribution is 2.43. The van der Waals surface area contributed by atoms with Gasteiger partial charge in [-0.15, -0.1) is 0 Å². The van der Waals surface area contributed by atoms with Crippen LogP contribution in [0.2, 0.25) is 0 Å². The molecule has 1 aliphatic carbocycles. The number of nitrogens with zero attached hydrogens (tertiary/aromatic N) is 2. The summed E-state index contributed by atoms with van der Waals surface area (Å²) in [6.07, 6.45) is 7.73. The maximum atomic E-state index is 12.7. The molecule has 3 fully saturated rings. The Morgan fingerprint density at radius 3 is 3.00 bits per heavy atom. The minimum Gasteiger partial charge on any atom is -0.491 e. The summed E-state index contributed by atoms with van der Waals surface area (Å²) in [5.41, 5.74) is -0.256.